The Bertz CT molecular complexity index is 1680. The van der Waals surface area contributed by atoms with Gasteiger partial charge in [0, 0.05) is 12.9 Å². The molecular formula is C37H39N3O8S. The number of nitrogens with zero attached hydrogens (tertiary/aromatic N) is 1. The number of methoxy groups -OCH3 is 1. The number of alkyl carbamates (subject to hydrolysis) is 1. The maximum absolute atomic E-state index is 14.1. The van der Waals surface area contributed by atoms with Crippen LogP contribution in [0.15, 0.2) is 108 Å². The summed E-state index contributed by atoms with van der Waals surface area (Å²) in [7, 11) is 1.55. The number of carbonyl (C=O) groups is 4. The molecule has 0 bridgehead atoms. The Morgan fingerprint density at radius 2 is 1.57 bits per heavy atom. The largest absolute Gasteiger partial charge is 0.508 e. The standard InChI is InChI=1S/C37H39N3O8S/c1-37(2,3)48-36(45)39-28(23-17-19-27(41)20-18-23)32(42)38-29-33(43)40-30(26(16-11-21-46-4)22-49-34(29)40)35(44)47-31(24-12-7-5-8-13-24)25-14-9-6-10-15-25/h5-20,28-29,31,34,41H,21-22H2,1-4H3,(H,38,42)(H,39,45)/t28?,29-,34+/m1/s1. The minimum absolute atomic E-state index is 0.0214. The average molecular weight is 686 g/mol. The molecule has 11 nitrogen and oxygen atoms in total. The number of amides is 3. The first-order valence-electron chi connectivity index (χ1n) is 15.7. The van der Waals surface area contributed by atoms with Crippen LogP contribution in [-0.2, 0) is 28.6 Å². The van der Waals surface area contributed by atoms with Gasteiger partial charge in [-0.2, -0.15) is 0 Å². The summed E-state index contributed by atoms with van der Waals surface area (Å²) in [5.74, 6) is -1.53. The van der Waals surface area contributed by atoms with Gasteiger partial charge in [0.05, 0.1) is 6.61 Å². The Hall–Kier alpha value is -5.07. The normalized spacial score (nSPS) is 18.1. The van der Waals surface area contributed by atoms with E-state index in [9.17, 15) is 24.3 Å². The zero-order valence-electron chi connectivity index (χ0n) is 27.6. The highest BCUT2D eigenvalue weighted by atomic mass is 32.2. The second kappa shape index (κ2) is 15.4. The number of rotatable bonds is 11. The van der Waals surface area contributed by atoms with E-state index in [1.165, 1.54) is 40.9 Å². The number of thioether (sulfide) groups is 1. The number of benzene rings is 3. The lowest BCUT2D eigenvalue weighted by molar-refractivity contribution is -0.154. The van der Waals surface area contributed by atoms with Crippen molar-refractivity contribution in [2.45, 2.75) is 49.9 Å². The Kier molecular flexibility index (Phi) is 11.1. The van der Waals surface area contributed by atoms with E-state index in [0.29, 0.717) is 23.5 Å². The third-order valence-corrected chi connectivity index (χ3v) is 8.95. The Balaban J connectivity index is 1.40. The summed E-state index contributed by atoms with van der Waals surface area (Å²) >= 11 is 1.38. The monoisotopic (exact) mass is 685 g/mol. The van der Waals surface area contributed by atoms with Crippen molar-refractivity contribution in [3.8, 4) is 5.75 Å². The number of hydrogen-bond acceptors (Lipinski definition) is 9. The molecule has 5 rings (SSSR count). The van der Waals surface area contributed by atoms with Gasteiger partial charge in [0.2, 0.25) is 5.91 Å². The smallest absolute Gasteiger partial charge is 0.408 e. The SMILES string of the molecule is COCC=CC1=C(C(=O)OC(c2ccccc2)c2ccccc2)N2C(=O)[C@@H](NC(=O)C(NC(=O)OC(C)(C)C)c3ccc(O)cc3)[C@@H]2SC1. The molecule has 2 heterocycles. The van der Waals surface area contributed by atoms with Gasteiger partial charge >= 0.3 is 12.1 Å². The molecule has 2 aliphatic rings. The van der Waals surface area contributed by atoms with Crippen molar-refractivity contribution in [1.82, 2.24) is 15.5 Å². The van der Waals surface area contributed by atoms with Crippen molar-refractivity contribution >= 4 is 35.6 Å². The molecule has 3 aromatic carbocycles. The predicted molar refractivity (Wildman–Crippen MR) is 184 cm³/mol. The molecular weight excluding hydrogens is 646 g/mol. The molecule has 3 amide bonds. The minimum atomic E-state index is -1.24. The number of hydrogen-bond donors (Lipinski definition) is 3. The van der Waals surface area contributed by atoms with Crippen molar-refractivity contribution in [1.29, 1.82) is 0 Å². The molecule has 1 saturated heterocycles. The van der Waals surface area contributed by atoms with Gasteiger partial charge < -0.3 is 30.0 Å². The number of ether oxygens (including phenoxy) is 3. The van der Waals surface area contributed by atoms with Crippen LogP contribution in [0.4, 0.5) is 4.79 Å². The molecule has 0 spiro atoms. The fraction of sp³-hybridized carbons (Fsp3) is 0.297. The fourth-order valence-corrected chi connectivity index (χ4v) is 6.74. The molecule has 256 valence electrons. The Morgan fingerprint density at radius 3 is 2.14 bits per heavy atom. The lowest BCUT2D eigenvalue weighted by atomic mass is 9.99. The van der Waals surface area contributed by atoms with E-state index in [1.54, 1.807) is 40.0 Å². The van der Waals surface area contributed by atoms with Crippen molar-refractivity contribution in [3.05, 3.63) is 125 Å². The van der Waals surface area contributed by atoms with Crippen molar-refractivity contribution in [3.63, 3.8) is 0 Å². The van der Waals surface area contributed by atoms with Gasteiger partial charge in [-0.25, -0.2) is 9.59 Å². The van der Waals surface area contributed by atoms with E-state index < -0.39 is 53.0 Å². The van der Waals surface area contributed by atoms with Gasteiger partial charge in [0.15, 0.2) is 6.10 Å². The van der Waals surface area contributed by atoms with Gasteiger partial charge in [-0.1, -0.05) is 84.9 Å². The van der Waals surface area contributed by atoms with Gasteiger partial charge in [-0.05, 0) is 55.2 Å². The first-order valence-corrected chi connectivity index (χ1v) is 16.7. The first-order chi connectivity index (χ1) is 23.5. The third-order valence-electron chi connectivity index (χ3n) is 7.65. The van der Waals surface area contributed by atoms with Crippen LogP contribution in [0.25, 0.3) is 0 Å². The van der Waals surface area contributed by atoms with Crippen LogP contribution in [0.2, 0.25) is 0 Å². The average Bonchev–Trinajstić information content (AvgIpc) is 3.08. The van der Waals surface area contributed by atoms with Crippen LogP contribution >= 0.6 is 11.8 Å². The summed E-state index contributed by atoms with van der Waals surface area (Å²) in [6, 6.07) is 22.2. The van der Waals surface area contributed by atoms with E-state index in [2.05, 4.69) is 10.6 Å². The zero-order valence-corrected chi connectivity index (χ0v) is 28.4. The van der Waals surface area contributed by atoms with E-state index in [0.717, 1.165) is 11.1 Å². The molecule has 1 fully saturated rings. The highest BCUT2D eigenvalue weighted by molar-refractivity contribution is 8.00. The number of phenolic OH excluding ortho intramolecular Hbond substituents is 1. The minimum Gasteiger partial charge on any atom is -0.508 e. The number of nitrogens with one attached hydrogen (secondary N) is 2. The summed E-state index contributed by atoms with van der Waals surface area (Å²) < 4.78 is 16.7. The summed E-state index contributed by atoms with van der Waals surface area (Å²) in [6.07, 6.45) is 1.93. The topological polar surface area (TPSA) is 144 Å². The fourth-order valence-electron chi connectivity index (χ4n) is 5.42. The summed E-state index contributed by atoms with van der Waals surface area (Å²) in [5, 5.41) is 14.5. The molecule has 0 aromatic heterocycles. The van der Waals surface area contributed by atoms with Crippen LogP contribution in [-0.4, -0.2) is 70.4 Å². The molecule has 0 radical (unpaired) electrons. The summed E-state index contributed by atoms with van der Waals surface area (Å²) in [4.78, 5) is 55.7. The highest BCUT2D eigenvalue weighted by Crippen LogP contribution is 2.42. The number of allylic oxidation sites excluding steroid dienone is 1. The molecule has 3 aromatic rings. The lowest BCUT2D eigenvalue weighted by Gasteiger charge is -2.49. The van der Waals surface area contributed by atoms with Gasteiger partial charge in [-0.15, -0.1) is 11.8 Å². The van der Waals surface area contributed by atoms with E-state index in [1.807, 2.05) is 60.7 Å². The second-order valence-electron chi connectivity index (χ2n) is 12.4. The number of phenols is 1. The molecule has 49 heavy (non-hydrogen) atoms. The van der Waals surface area contributed by atoms with Crippen molar-refractivity contribution in [2.24, 2.45) is 0 Å². The first kappa shape index (κ1) is 35.2. The Morgan fingerprint density at radius 1 is 0.959 bits per heavy atom. The van der Waals surface area contributed by atoms with Crippen LogP contribution in [0.5, 0.6) is 5.75 Å². The molecule has 12 heteroatoms. The molecule has 3 atom stereocenters. The quantitative estimate of drug-likeness (QED) is 0.185. The van der Waals surface area contributed by atoms with Crippen LogP contribution in [0.3, 0.4) is 0 Å². The number of β-lactam (4-membered cyclic amide) rings is 1. The Labute approximate surface area is 289 Å². The maximum atomic E-state index is 14.1. The molecule has 3 N–H and O–H groups in total. The van der Waals surface area contributed by atoms with E-state index >= 15 is 0 Å². The highest BCUT2D eigenvalue weighted by Gasteiger charge is 2.55. The number of carbonyl (C=O) groups excluding carboxylic acids is 4. The molecule has 0 aliphatic carbocycles. The van der Waals surface area contributed by atoms with Crippen molar-refractivity contribution < 1.29 is 38.5 Å². The van der Waals surface area contributed by atoms with E-state index in [4.69, 9.17) is 14.2 Å². The van der Waals surface area contributed by atoms with E-state index in [-0.39, 0.29) is 11.4 Å². The third kappa shape index (κ3) is 8.51. The van der Waals surface area contributed by atoms with Gasteiger partial charge in [0.25, 0.3) is 5.91 Å². The summed E-state index contributed by atoms with van der Waals surface area (Å²) in [6.45, 7) is 5.38. The molecule has 0 saturated carbocycles. The number of aromatic hydroxyl groups is 1. The lowest BCUT2D eigenvalue weighted by Crippen LogP contribution is -2.71. The van der Waals surface area contributed by atoms with Crippen LogP contribution < -0.4 is 10.6 Å². The predicted octanol–water partition coefficient (Wildman–Crippen LogP) is 5.15. The number of fused-ring (bicyclic) bond motifs is 1. The maximum Gasteiger partial charge on any atom is 0.408 e. The van der Waals surface area contributed by atoms with Crippen LogP contribution in [0, 0.1) is 0 Å². The molecule has 2 aliphatic heterocycles. The van der Waals surface area contributed by atoms with Gasteiger partial charge in [0.1, 0.15) is 34.5 Å². The zero-order chi connectivity index (χ0) is 35.1. The molecule has 1 unspecified atom stereocenters. The van der Waals surface area contributed by atoms with Gasteiger partial charge in [-0.3, -0.25) is 14.5 Å². The number of esters is 1. The van der Waals surface area contributed by atoms with Crippen LogP contribution in [0.1, 0.15) is 49.6 Å². The second-order valence-corrected chi connectivity index (χ2v) is 13.5. The van der Waals surface area contributed by atoms with Crippen molar-refractivity contribution in [2.75, 3.05) is 19.5 Å². The summed E-state index contributed by atoms with van der Waals surface area (Å²) in [5.41, 5.74) is 1.73.